The summed E-state index contributed by atoms with van der Waals surface area (Å²) < 4.78 is 5.47. The summed E-state index contributed by atoms with van der Waals surface area (Å²) in [5.74, 6) is 0.353. The summed E-state index contributed by atoms with van der Waals surface area (Å²) in [7, 11) is 0. The summed E-state index contributed by atoms with van der Waals surface area (Å²) in [6.45, 7) is 9.57. The van der Waals surface area contributed by atoms with E-state index in [0.29, 0.717) is 23.4 Å². The Morgan fingerprint density at radius 3 is 2.67 bits per heavy atom. The first-order valence-corrected chi connectivity index (χ1v) is 10.7. The quantitative estimate of drug-likeness (QED) is 0.428. The number of carboxylic acid groups (broad SMARTS) is 1. The van der Waals surface area contributed by atoms with E-state index in [1.807, 2.05) is 0 Å². The van der Waals surface area contributed by atoms with Crippen LogP contribution in [-0.2, 0) is 14.3 Å². The molecule has 150 valence electrons. The van der Waals surface area contributed by atoms with E-state index in [1.165, 1.54) is 56.9 Å². The Hall–Kier alpha value is -1.32. The van der Waals surface area contributed by atoms with Gasteiger partial charge in [0.15, 0.2) is 0 Å². The molecule has 0 aliphatic heterocycles. The lowest BCUT2D eigenvalue weighted by Gasteiger charge is -2.64. The molecule has 27 heavy (non-hydrogen) atoms. The van der Waals surface area contributed by atoms with Crippen molar-refractivity contribution in [3.05, 3.63) is 12.2 Å². The predicted molar refractivity (Wildman–Crippen MR) is 103 cm³/mol. The van der Waals surface area contributed by atoms with Crippen LogP contribution in [0.4, 0.5) is 0 Å². The number of ether oxygens (including phenoxy) is 1. The molecule has 0 amide bonds. The predicted octanol–water partition coefficient (Wildman–Crippen LogP) is 4.97. The van der Waals surface area contributed by atoms with E-state index in [-0.39, 0.29) is 5.41 Å². The van der Waals surface area contributed by atoms with Crippen molar-refractivity contribution < 1.29 is 19.4 Å². The van der Waals surface area contributed by atoms with Gasteiger partial charge in [-0.25, -0.2) is 0 Å². The monoisotopic (exact) mass is 374 g/mol. The molecule has 0 radical (unpaired) electrons. The van der Waals surface area contributed by atoms with Crippen LogP contribution in [0.2, 0.25) is 0 Å². The largest absolute Gasteiger partial charge is 0.481 e. The molecule has 2 bridgehead atoms. The smallest absolute Gasteiger partial charge is 0.317 e. The molecule has 0 aromatic heterocycles. The first kappa shape index (κ1) is 19.0. The van der Waals surface area contributed by atoms with Gasteiger partial charge < -0.3 is 9.84 Å². The number of carbonyl (C=O) groups is 2. The van der Waals surface area contributed by atoms with Crippen molar-refractivity contribution in [1.82, 2.24) is 0 Å². The highest BCUT2D eigenvalue weighted by atomic mass is 16.5. The maximum atomic E-state index is 11.8. The molecule has 4 heteroatoms. The summed E-state index contributed by atoms with van der Waals surface area (Å²) in [4.78, 5) is 22.6. The van der Waals surface area contributed by atoms with Gasteiger partial charge in [-0.05, 0) is 80.0 Å². The molecule has 0 unspecified atom stereocenters. The highest BCUT2D eigenvalue weighted by Gasteiger charge is 2.63. The highest BCUT2D eigenvalue weighted by Crippen LogP contribution is 2.72. The zero-order valence-electron chi connectivity index (χ0n) is 16.9. The Balaban J connectivity index is 1.55. The SMILES string of the molecule is C=C1C[C@@]23CC[C@@H]4[C@](C)(COC(=O)CC(=O)O)CCC[C@@]4(C)[C@@H]2CC[C@@H]1C3. The minimum atomic E-state index is -1.11. The van der Waals surface area contributed by atoms with E-state index in [2.05, 4.69) is 20.4 Å². The Kier molecular flexibility index (Phi) is 4.47. The number of hydrogen-bond acceptors (Lipinski definition) is 3. The fourth-order valence-corrected chi connectivity index (χ4v) is 8.08. The average Bonchev–Trinajstić information content (AvgIpc) is 2.81. The molecule has 4 fully saturated rings. The summed E-state index contributed by atoms with van der Waals surface area (Å²) in [5, 5.41) is 8.82. The second-order valence-electron chi connectivity index (χ2n) is 10.6. The summed E-state index contributed by atoms with van der Waals surface area (Å²) in [5.41, 5.74) is 2.25. The molecule has 4 rings (SSSR count). The molecule has 4 aliphatic carbocycles. The number of aliphatic carboxylic acids is 1. The van der Waals surface area contributed by atoms with Gasteiger partial charge in [-0.2, -0.15) is 0 Å². The second kappa shape index (κ2) is 6.35. The zero-order chi connectivity index (χ0) is 19.4. The van der Waals surface area contributed by atoms with Crippen molar-refractivity contribution in [1.29, 1.82) is 0 Å². The van der Waals surface area contributed by atoms with Crippen LogP contribution in [0.5, 0.6) is 0 Å². The Morgan fingerprint density at radius 1 is 1.15 bits per heavy atom. The third-order valence-electron chi connectivity index (χ3n) is 9.04. The van der Waals surface area contributed by atoms with E-state index in [0.717, 1.165) is 18.3 Å². The van der Waals surface area contributed by atoms with Gasteiger partial charge >= 0.3 is 11.9 Å². The van der Waals surface area contributed by atoms with Gasteiger partial charge in [0.2, 0.25) is 0 Å². The standard InChI is InChI=1S/C23H34O4/c1-15-12-23-10-7-17-21(2,14-27-20(26)11-19(24)25)8-4-9-22(17,3)18(23)6-5-16(15)13-23/h16-18H,1,4-14H2,2-3H3,(H,24,25)/t16-,17-,18+,21+,22-,23-/m1/s1. The van der Waals surface area contributed by atoms with Crippen LogP contribution in [0.15, 0.2) is 12.2 Å². The van der Waals surface area contributed by atoms with E-state index in [1.54, 1.807) is 0 Å². The summed E-state index contributed by atoms with van der Waals surface area (Å²) in [6, 6.07) is 0. The first-order valence-electron chi connectivity index (χ1n) is 10.7. The maximum absolute atomic E-state index is 11.8. The number of hydrogen-bond donors (Lipinski definition) is 1. The molecule has 6 atom stereocenters. The van der Waals surface area contributed by atoms with Crippen molar-refractivity contribution in [3.63, 3.8) is 0 Å². The molecule has 4 aliphatic rings. The third-order valence-corrected chi connectivity index (χ3v) is 9.04. The zero-order valence-corrected chi connectivity index (χ0v) is 16.9. The van der Waals surface area contributed by atoms with Crippen LogP contribution in [0, 0.1) is 34.0 Å². The van der Waals surface area contributed by atoms with Crippen LogP contribution in [0.3, 0.4) is 0 Å². The van der Waals surface area contributed by atoms with Crippen LogP contribution in [0.1, 0.15) is 78.1 Å². The van der Waals surface area contributed by atoms with Gasteiger partial charge in [-0.15, -0.1) is 0 Å². The topological polar surface area (TPSA) is 63.6 Å². The molecule has 4 nitrogen and oxygen atoms in total. The molecule has 0 aromatic carbocycles. The van der Waals surface area contributed by atoms with E-state index in [4.69, 9.17) is 9.84 Å². The van der Waals surface area contributed by atoms with E-state index >= 15 is 0 Å². The summed E-state index contributed by atoms with van der Waals surface area (Å²) >= 11 is 0. The fraction of sp³-hybridized carbons (Fsp3) is 0.826. The lowest BCUT2D eigenvalue weighted by atomic mass is 9.41. The van der Waals surface area contributed by atoms with Crippen LogP contribution < -0.4 is 0 Å². The fourth-order valence-electron chi connectivity index (χ4n) is 8.08. The van der Waals surface area contributed by atoms with Crippen molar-refractivity contribution in [3.8, 4) is 0 Å². The minimum Gasteiger partial charge on any atom is -0.481 e. The van der Waals surface area contributed by atoms with Crippen molar-refractivity contribution in [2.75, 3.05) is 6.61 Å². The number of esters is 1. The molecule has 1 N–H and O–H groups in total. The Morgan fingerprint density at radius 2 is 1.93 bits per heavy atom. The molecular weight excluding hydrogens is 340 g/mol. The van der Waals surface area contributed by atoms with Crippen molar-refractivity contribution in [2.45, 2.75) is 78.1 Å². The number of fused-ring (bicyclic) bond motifs is 3. The second-order valence-corrected chi connectivity index (χ2v) is 10.6. The molecular formula is C23H34O4. The average molecular weight is 375 g/mol. The lowest BCUT2D eigenvalue weighted by molar-refractivity contribution is -0.175. The van der Waals surface area contributed by atoms with Gasteiger partial charge in [0.25, 0.3) is 0 Å². The molecule has 4 saturated carbocycles. The highest BCUT2D eigenvalue weighted by molar-refractivity contribution is 5.90. The first-order chi connectivity index (χ1) is 12.7. The molecule has 1 spiro atoms. The van der Waals surface area contributed by atoms with Gasteiger partial charge in [0.05, 0.1) is 6.61 Å². The number of carboxylic acids is 1. The van der Waals surface area contributed by atoms with Crippen LogP contribution >= 0.6 is 0 Å². The minimum absolute atomic E-state index is 0.0325. The number of carbonyl (C=O) groups excluding carboxylic acids is 1. The summed E-state index contributed by atoms with van der Waals surface area (Å²) in [6.07, 6.45) is 10.7. The normalized spacial score (nSPS) is 45.7. The van der Waals surface area contributed by atoms with Crippen molar-refractivity contribution >= 4 is 11.9 Å². The van der Waals surface area contributed by atoms with Gasteiger partial charge in [0, 0.05) is 5.41 Å². The van der Waals surface area contributed by atoms with E-state index < -0.39 is 18.4 Å². The molecule has 0 heterocycles. The van der Waals surface area contributed by atoms with Crippen LogP contribution in [-0.4, -0.2) is 23.7 Å². The van der Waals surface area contributed by atoms with Gasteiger partial charge in [-0.3, -0.25) is 9.59 Å². The van der Waals surface area contributed by atoms with Crippen LogP contribution in [0.25, 0.3) is 0 Å². The van der Waals surface area contributed by atoms with Gasteiger partial charge in [0.1, 0.15) is 6.42 Å². The lowest BCUT2D eigenvalue weighted by Crippen LogP contribution is -2.57. The number of rotatable bonds is 4. The van der Waals surface area contributed by atoms with E-state index in [9.17, 15) is 9.59 Å². The number of allylic oxidation sites excluding steroid dienone is 1. The van der Waals surface area contributed by atoms with Gasteiger partial charge in [-0.1, -0.05) is 32.4 Å². The Labute approximate surface area is 162 Å². The molecule has 0 saturated heterocycles. The molecule has 0 aromatic rings. The van der Waals surface area contributed by atoms with Crippen molar-refractivity contribution in [2.24, 2.45) is 34.0 Å². The third kappa shape index (κ3) is 2.94. The maximum Gasteiger partial charge on any atom is 0.317 e. The Bertz CT molecular complexity index is 669.